The predicted octanol–water partition coefficient (Wildman–Crippen LogP) is 13.6. The number of rotatable bonds is 4. The summed E-state index contributed by atoms with van der Waals surface area (Å²) < 4.78 is 0. The van der Waals surface area contributed by atoms with E-state index in [0.717, 1.165) is 6.42 Å². The molecule has 0 fully saturated rings. The van der Waals surface area contributed by atoms with Gasteiger partial charge < -0.3 is 9.80 Å². The molecule has 0 aromatic heterocycles. The van der Waals surface area contributed by atoms with Crippen LogP contribution in [-0.2, 0) is 10.8 Å². The van der Waals surface area contributed by atoms with Crippen molar-refractivity contribution < 1.29 is 0 Å². The summed E-state index contributed by atoms with van der Waals surface area (Å²) in [4.78, 5) is 5.11. The molecule has 1 unspecified atom stereocenters. The minimum absolute atomic E-state index is 0.0871. The molecule has 0 spiro atoms. The average molecular weight is 671 g/mol. The predicted molar refractivity (Wildman–Crippen MR) is 220 cm³/mol. The normalized spacial score (nSPS) is 17.2. The highest BCUT2D eigenvalue weighted by molar-refractivity contribution is 6.05. The van der Waals surface area contributed by atoms with Crippen LogP contribution in [0.2, 0.25) is 0 Å². The molecular weight excluding hydrogens is 629 g/mol. The van der Waals surface area contributed by atoms with Gasteiger partial charge in [0.2, 0.25) is 0 Å². The number of fused-ring (bicyclic) bond motifs is 6. The first kappa shape index (κ1) is 30.9. The van der Waals surface area contributed by atoms with Crippen LogP contribution in [0.5, 0.6) is 0 Å². The molecule has 7 aromatic carbocycles. The molecule has 0 saturated heterocycles. The number of nitrogens with zero attached hydrogens (tertiary/aromatic N) is 2. The van der Waals surface area contributed by atoms with E-state index in [4.69, 9.17) is 0 Å². The van der Waals surface area contributed by atoms with Gasteiger partial charge in [0, 0.05) is 27.6 Å². The van der Waals surface area contributed by atoms with Crippen LogP contribution in [0.3, 0.4) is 0 Å². The molecule has 252 valence electrons. The summed E-state index contributed by atoms with van der Waals surface area (Å²) in [6.07, 6.45) is 5.55. The van der Waals surface area contributed by atoms with Gasteiger partial charge >= 0.3 is 0 Å². The highest BCUT2D eigenvalue weighted by atomic mass is 15.2. The quantitative estimate of drug-likeness (QED) is 0.184. The average Bonchev–Trinajstić information content (AvgIpc) is 3.18. The van der Waals surface area contributed by atoms with Gasteiger partial charge in [0.15, 0.2) is 0 Å². The summed E-state index contributed by atoms with van der Waals surface area (Å²) in [5.41, 5.74) is 16.8. The highest BCUT2D eigenvalue weighted by Gasteiger charge is 2.45. The lowest BCUT2D eigenvalue weighted by Gasteiger charge is -2.49. The molecule has 1 atom stereocenters. The number of hydrogen-bond donors (Lipinski definition) is 0. The topological polar surface area (TPSA) is 6.48 Å². The van der Waals surface area contributed by atoms with Gasteiger partial charge in [0.05, 0.1) is 23.1 Å². The lowest BCUT2D eigenvalue weighted by molar-refractivity contribution is 0.597. The minimum atomic E-state index is -0.183. The van der Waals surface area contributed by atoms with Gasteiger partial charge in [-0.3, -0.25) is 0 Å². The van der Waals surface area contributed by atoms with Crippen molar-refractivity contribution in [2.75, 3.05) is 9.80 Å². The van der Waals surface area contributed by atoms with Crippen LogP contribution in [0, 0.1) is 0 Å². The van der Waals surface area contributed by atoms with Gasteiger partial charge in [0.25, 0.3) is 0 Å². The summed E-state index contributed by atoms with van der Waals surface area (Å²) >= 11 is 0. The van der Waals surface area contributed by atoms with Gasteiger partial charge in [-0.1, -0.05) is 155 Å². The zero-order chi connectivity index (χ0) is 35.2. The lowest BCUT2D eigenvalue weighted by Crippen LogP contribution is -2.38. The number of anilines is 5. The molecule has 0 amide bonds. The number of para-hydroxylation sites is 3. The maximum absolute atomic E-state index is 2.56. The second kappa shape index (κ2) is 11.3. The maximum Gasteiger partial charge on any atom is 0.0632 e. The Labute approximate surface area is 307 Å². The van der Waals surface area contributed by atoms with Crippen LogP contribution < -0.4 is 9.80 Å². The zero-order valence-corrected chi connectivity index (χ0v) is 30.3. The second-order valence-electron chi connectivity index (χ2n) is 15.7. The van der Waals surface area contributed by atoms with Crippen molar-refractivity contribution in [1.29, 1.82) is 0 Å². The molecule has 10 rings (SSSR count). The highest BCUT2D eigenvalue weighted by Crippen LogP contribution is 2.60. The molecule has 2 heteroatoms. The van der Waals surface area contributed by atoms with E-state index in [0.29, 0.717) is 0 Å². The Bertz CT molecular complexity index is 2570. The summed E-state index contributed by atoms with van der Waals surface area (Å²) in [7, 11) is 0. The van der Waals surface area contributed by atoms with Crippen molar-refractivity contribution in [1.82, 2.24) is 0 Å². The van der Waals surface area contributed by atoms with Gasteiger partial charge in [0.1, 0.15) is 0 Å². The van der Waals surface area contributed by atoms with Crippen molar-refractivity contribution in [3.63, 3.8) is 0 Å². The van der Waals surface area contributed by atoms with Crippen molar-refractivity contribution >= 4 is 45.3 Å². The second-order valence-corrected chi connectivity index (χ2v) is 15.7. The third-order valence-corrected chi connectivity index (χ3v) is 12.2. The van der Waals surface area contributed by atoms with E-state index >= 15 is 0 Å². The van der Waals surface area contributed by atoms with Crippen LogP contribution in [-0.4, -0.2) is 0 Å². The van der Waals surface area contributed by atoms with E-state index in [2.05, 4.69) is 201 Å². The molecule has 2 nitrogen and oxygen atoms in total. The van der Waals surface area contributed by atoms with Gasteiger partial charge in [-0.05, 0) is 92.7 Å². The Kier molecular flexibility index (Phi) is 6.73. The Morgan fingerprint density at radius 2 is 1.21 bits per heavy atom. The van der Waals surface area contributed by atoms with Gasteiger partial charge in [-0.25, -0.2) is 0 Å². The number of hydrogen-bond acceptors (Lipinski definition) is 2. The third-order valence-electron chi connectivity index (χ3n) is 12.2. The largest absolute Gasteiger partial charge is 0.333 e. The fraction of sp³-hybridized carbons (Fsp3) is 0.160. The molecule has 7 aromatic rings. The van der Waals surface area contributed by atoms with Crippen molar-refractivity contribution in [3.8, 4) is 11.1 Å². The van der Waals surface area contributed by atoms with Crippen molar-refractivity contribution in [2.45, 2.75) is 51.0 Å². The molecule has 0 N–H and O–H groups in total. The zero-order valence-electron chi connectivity index (χ0n) is 30.3. The molecular formula is C50H42N2. The molecule has 3 aliphatic rings. The van der Waals surface area contributed by atoms with E-state index in [1.54, 1.807) is 0 Å². The van der Waals surface area contributed by atoms with Crippen LogP contribution >= 0.6 is 0 Å². The van der Waals surface area contributed by atoms with Gasteiger partial charge in [-0.2, -0.15) is 0 Å². The van der Waals surface area contributed by atoms with Crippen LogP contribution in [0.25, 0.3) is 28.0 Å². The Hall–Kier alpha value is -5.86. The number of benzene rings is 7. The van der Waals surface area contributed by atoms with Crippen molar-refractivity contribution in [3.05, 3.63) is 191 Å². The first-order chi connectivity index (χ1) is 25.3. The summed E-state index contributed by atoms with van der Waals surface area (Å²) in [5, 5.41) is 2.52. The fourth-order valence-electron chi connectivity index (χ4n) is 9.53. The van der Waals surface area contributed by atoms with Crippen LogP contribution in [0.15, 0.2) is 158 Å². The Balaban J connectivity index is 1.15. The molecule has 2 aliphatic heterocycles. The monoisotopic (exact) mass is 670 g/mol. The SMILES string of the molecule is CC1(C)c2ccccc2N2c3ccc(-c4ccc(N(c5ccccc5)C5CC=Cc6ccccc65)c5ccccc45)cc3C(C)(C)c3cccc1c32. The van der Waals surface area contributed by atoms with Gasteiger partial charge in [-0.15, -0.1) is 0 Å². The molecule has 0 bridgehead atoms. The summed E-state index contributed by atoms with van der Waals surface area (Å²) in [6.45, 7) is 9.57. The minimum Gasteiger partial charge on any atom is -0.333 e. The maximum atomic E-state index is 2.56. The smallest absolute Gasteiger partial charge is 0.0632 e. The van der Waals surface area contributed by atoms with E-state index in [-0.39, 0.29) is 16.9 Å². The standard InChI is InChI=1S/C50H42N2/c1-49(2)40-23-12-13-26-46(40)52-47-30-28-34(32-43(47)50(3,4)42-25-15-24-41(49)48(42)52)36-29-31-45(39-22-11-10-21-38(36)39)51(35-18-6-5-7-19-35)44-27-14-17-33-16-8-9-20-37(33)44/h5-26,28-32,44H,27H2,1-4H3. The van der Waals surface area contributed by atoms with E-state index < -0.39 is 0 Å². The molecule has 0 radical (unpaired) electrons. The fourth-order valence-corrected chi connectivity index (χ4v) is 9.53. The Morgan fingerprint density at radius 3 is 2.04 bits per heavy atom. The first-order valence-electron chi connectivity index (χ1n) is 18.6. The van der Waals surface area contributed by atoms with E-state index in [1.807, 2.05) is 0 Å². The third kappa shape index (κ3) is 4.37. The first-order valence-corrected chi connectivity index (χ1v) is 18.6. The molecule has 0 saturated carbocycles. The van der Waals surface area contributed by atoms with Crippen LogP contribution in [0.4, 0.5) is 28.4 Å². The van der Waals surface area contributed by atoms with E-state index in [1.165, 1.54) is 83.7 Å². The lowest BCUT2D eigenvalue weighted by atomic mass is 9.66. The Morgan fingerprint density at radius 1 is 0.558 bits per heavy atom. The van der Waals surface area contributed by atoms with E-state index in [9.17, 15) is 0 Å². The molecule has 2 heterocycles. The van der Waals surface area contributed by atoms with Crippen LogP contribution in [0.1, 0.15) is 73.5 Å². The van der Waals surface area contributed by atoms with Crippen molar-refractivity contribution in [2.24, 2.45) is 0 Å². The molecule has 52 heavy (non-hydrogen) atoms. The molecule has 1 aliphatic carbocycles. The summed E-state index contributed by atoms with van der Waals surface area (Å²) in [6, 6.07) is 56.8. The summed E-state index contributed by atoms with van der Waals surface area (Å²) in [5.74, 6) is 0.